The molecule has 1 unspecified atom stereocenters. The number of rotatable bonds is 7. The van der Waals surface area contributed by atoms with E-state index in [2.05, 4.69) is 11.4 Å². The van der Waals surface area contributed by atoms with E-state index in [9.17, 15) is 4.79 Å². The molecule has 3 N–H and O–H groups in total. The van der Waals surface area contributed by atoms with Gasteiger partial charge in [0.15, 0.2) is 0 Å². The molecule has 0 radical (unpaired) electrons. The fourth-order valence-electron chi connectivity index (χ4n) is 1.89. The van der Waals surface area contributed by atoms with Crippen molar-refractivity contribution < 1.29 is 9.53 Å². The molecule has 0 aromatic heterocycles. The molecule has 0 saturated carbocycles. The standard InChI is InChI=1S/C15H24N2O2/c1-11-4-6-14(19-3)13(10-11)8-9-17-15(18)7-5-12(2)16/h4,6,10,12H,5,7-9,16H2,1-3H3,(H,17,18). The van der Waals surface area contributed by atoms with Gasteiger partial charge in [-0.3, -0.25) is 4.79 Å². The average Bonchev–Trinajstić information content (AvgIpc) is 2.36. The molecule has 0 aliphatic carbocycles. The number of carbonyl (C=O) groups excluding carboxylic acids is 1. The van der Waals surface area contributed by atoms with Crippen molar-refractivity contribution in [2.24, 2.45) is 5.73 Å². The third-order valence-corrected chi connectivity index (χ3v) is 2.98. The Morgan fingerprint density at radius 2 is 2.21 bits per heavy atom. The maximum Gasteiger partial charge on any atom is 0.220 e. The van der Waals surface area contributed by atoms with Gasteiger partial charge in [-0.05, 0) is 38.3 Å². The van der Waals surface area contributed by atoms with Crippen LogP contribution in [-0.4, -0.2) is 25.6 Å². The molecule has 1 aromatic rings. The summed E-state index contributed by atoms with van der Waals surface area (Å²) < 4.78 is 5.31. The molecule has 0 aliphatic rings. The first-order chi connectivity index (χ1) is 9.02. The first-order valence-electron chi connectivity index (χ1n) is 6.68. The first kappa shape index (κ1) is 15.5. The minimum absolute atomic E-state index is 0.0592. The number of methoxy groups -OCH3 is 1. The van der Waals surface area contributed by atoms with Crippen LogP contribution < -0.4 is 15.8 Å². The maximum absolute atomic E-state index is 11.6. The zero-order valence-corrected chi connectivity index (χ0v) is 12.0. The third-order valence-electron chi connectivity index (χ3n) is 2.98. The number of ether oxygens (including phenoxy) is 1. The Morgan fingerprint density at radius 3 is 2.84 bits per heavy atom. The molecule has 1 atom stereocenters. The summed E-state index contributed by atoms with van der Waals surface area (Å²) >= 11 is 0. The molecule has 0 bridgehead atoms. The minimum Gasteiger partial charge on any atom is -0.496 e. The van der Waals surface area contributed by atoms with Crippen LogP contribution in [0.3, 0.4) is 0 Å². The van der Waals surface area contributed by atoms with Crippen LogP contribution in [0.25, 0.3) is 0 Å². The summed E-state index contributed by atoms with van der Waals surface area (Å²) in [5, 5.41) is 2.91. The van der Waals surface area contributed by atoms with Gasteiger partial charge in [0.1, 0.15) is 5.75 Å². The van der Waals surface area contributed by atoms with Gasteiger partial charge in [-0.15, -0.1) is 0 Å². The lowest BCUT2D eigenvalue weighted by molar-refractivity contribution is -0.121. The fourth-order valence-corrected chi connectivity index (χ4v) is 1.89. The van der Waals surface area contributed by atoms with Crippen molar-refractivity contribution in [1.82, 2.24) is 5.32 Å². The second-order valence-corrected chi connectivity index (χ2v) is 4.93. The molecule has 0 saturated heterocycles. The molecule has 0 spiro atoms. The third kappa shape index (κ3) is 5.75. The van der Waals surface area contributed by atoms with Gasteiger partial charge >= 0.3 is 0 Å². The lowest BCUT2D eigenvalue weighted by Gasteiger charge is -2.10. The normalized spacial score (nSPS) is 12.0. The molecule has 0 fully saturated rings. The summed E-state index contributed by atoms with van der Waals surface area (Å²) in [6, 6.07) is 6.14. The molecular formula is C15H24N2O2. The van der Waals surface area contributed by atoms with Crippen molar-refractivity contribution in [3.63, 3.8) is 0 Å². The van der Waals surface area contributed by atoms with Crippen LogP contribution in [0.15, 0.2) is 18.2 Å². The lowest BCUT2D eigenvalue weighted by Crippen LogP contribution is -2.27. The highest BCUT2D eigenvalue weighted by atomic mass is 16.5. The monoisotopic (exact) mass is 264 g/mol. The molecule has 0 heterocycles. The van der Waals surface area contributed by atoms with Crippen molar-refractivity contribution in [1.29, 1.82) is 0 Å². The highest BCUT2D eigenvalue weighted by molar-refractivity contribution is 5.75. The van der Waals surface area contributed by atoms with Crippen LogP contribution in [0.4, 0.5) is 0 Å². The predicted octanol–water partition coefficient (Wildman–Crippen LogP) is 1.79. The summed E-state index contributed by atoms with van der Waals surface area (Å²) in [6.07, 6.45) is 1.98. The van der Waals surface area contributed by atoms with Gasteiger partial charge in [0.25, 0.3) is 0 Å². The molecule has 1 aromatic carbocycles. The van der Waals surface area contributed by atoms with E-state index in [4.69, 9.17) is 10.5 Å². The Kier molecular flexibility index (Phi) is 6.36. The Hall–Kier alpha value is -1.55. The van der Waals surface area contributed by atoms with Gasteiger partial charge in [-0.1, -0.05) is 17.7 Å². The van der Waals surface area contributed by atoms with Crippen LogP contribution in [-0.2, 0) is 11.2 Å². The SMILES string of the molecule is COc1ccc(C)cc1CCNC(=O)CCC(C)N. The Balaban J connectivity index is 2.40. The Morgan fingerprint density at radius 1 is 1.47 bits per heavy atom. The first-order valence-corrected chi connectivity index (χ1v) is 6.68. The highest BCUT2D eigenvalue weighted by Crippen LogP contribution is 2.19. The van der Waals surface area contributed by atoms with Crippen molar-refractivity contribution in [2.75, 3.05) is 13.7 Å². The summed E-state index contributed by atoms with van der Waals surface area (Å²) in [4.78, 5) is 11.6. The molecule has 0 aliphatic heterocycles. The van der Waals surface area contributed by atoms with Crippen molar-refractivity contribution >= 4 is 5.91 Å². The van der Waals surface area contributed by atoms with Crippen LogP contribution in [0.1, 0.15) is 30.9 Å². The summed E-state index contributed by atoms with van der Waals surface area (Å²) in [5.41, 5.74) is 7.93. The molecule has 19 heavy (non-hydrogen) atoms. The van der Waals surface area contributed by atoms with Crippen LogP contribution in [0.2, 0.25) is 0 Å². The van der Waals surface area contributed by atoms with Crippen LogP contribution in [0, 0.1) is 6.92 Å². The fraction of sp³-hybridized carbons (Fsp3) is 0.533. The smallest absolute Gasteiger partial charge is 0.220 e. The van der Waals surface area contributed by atoms with E-state index in [1.807, 2.05) is 26.0 Å². The molecule has 106 valence electrons. The van der Waals surface area contributed by atoms with E-state index in [1.165, 1.54) is 5.56 Å². The van der Waals surface area contributed by atoms with Crippen LogP contribution in [0.5, 0.6) is 5.75 Å². The molecule has 4 nitrogen and oxygen atoms in total. The Labute approximate surface area is 115 Å². The van der Waals surface area contributed by atoms with Crippen LogP contribution >= 0.6 is 0 Å². The molecule has 4 heteroatoms. The molecule has 1 rings (SSSR count). The number of hydrogen-bond donors (Lipinski definition) is 2. The minimum atomic E-state index is 0.0592. The number of nitrogens with one attached hydrogen (secondary N) is 1. The van der Waals surface area contributed by atoms with Gasteiger partial charge in [0, 0.05) is 19.0 Å². The zero-order chi connectivity index (χ0) is 14.3. The van der Waals surface area contributed by atoms with Crippen molar-refractivity contribution in [3.05, 3.63) is 29.3 Å². The zero-order valence-electron chi connectivity index (χ0n) is 12.0. The Bertz CT molecular complexity index is 417. The number of aryl methyl sites for hydroxylation is 1. The van der Waals surface area contributed by atoms with Crippen molar-refractivity contribution in [3.8, 4) is 5.75 Å². The number of hydrogen-bond acceptors (Lipinski definition) is 3. The second-order valence-electron chi connectivity index (χ2n) is 4.93. The van der Waals surface area contributed by atoms with Gasteiger partial charge in [-0.2, -0.15) is 0 Å². The van der Waals surface area contributed by atoms with E-state index in [0.29, 0.717) is 13.0 Å². The average molecular weight is 264 g/mol. The maximum atomic E-state index is 11.6. The second kappa shape index (κ2) is 7.79. The van der Waals surface area contributed by atoms with Gasteiger partial charge < -0.3 is 15.8 Å². The van der Waals surface area contributed by atoms with Gasteiger partial charge in [0.2, 0.25) is 5.91 Å². The lowest BCUT2D eigenvalue weighted by atomic mass is 10.1. The van der Waals surface area contributed by atoms with E-state index in [0.717, 1.165) is 24.2 Å². The summed E-state index contributed by atoms with van der Waals surface area (Å²) in [5.74, 6) is 0.930. The van der Waals surface area contributed by atoms with E-state index in [1.54, 1.807) is 7.11 Å². The van der Waals surface area contributed by atoms with Gasteiger partial charge in [0.05, 0.1) is 7.11 Å². The molecular weight excluding hydrogens is 240 g/mol. The summed E-state index contributed by atoms with van der Waals surface area (Å²) in [7, 11) is 1.66. The largest absolute Gasteiger partial charge is 0.496 e. The van der Waals surface area contributed by atoms with Crippen molar-refractivity contribution in [2.45, 2.75) is 39.2 Å². The molecule has 1 amide bonds. The van der Waals surface area contributed by atoms with Gasteiger partial charge in [-0.25, -0.2) is 0 Å². The topological polar surface area (TPSA) is 64.3 Å². The van der Waals surface area contributed by atoms with E-state index in [-0.39, 0.29) is 11.9 Å². The number of benzene rings is 1. The van der Waals surface area contributed by atoms with E-state index >= 15 is 0 Å². The number of carbonyl (C=O) groups is 1. The summed E-state index contributed by atoms with van der Waals surface area (Å²) in [6.45, 7) is 4.58. The quantitative estimate of drug-likeness (QED) is 0.789. The number of amides is 1. The highest BCUT2D eigenvalue weighted by Gasteiger charge is 2.06. The van der Waals surface area contributed by atoms with E-state index < -0.39 is 0 Å². The predicted molar refractivity (Wildman–Crippen MR) is 77.3 cm³/mol. The number of nitrogens with two attached hydrogens (primary N) is 1.